The summed E-state index contributed by atoms with van der Waals surface area (Å²) in [6, 6.07) is 7.40. The summed E-state index contributed by atoms with van der Waals surface area (Å²) in [7, 11) is -5.05. The average molecular weight is 553 g/mol. The largest absolute Gasteiger partial charge is 0.465 e. The van der Waals surface area contributed by atoms with Crippen LogP contribution in [0.25, 0.3) is 11.1 Å². The lowest BCUT2D eigenvalue weighted by molar-refractivity contribution is -0.118. The first-order valence-corrected chi connectivity index (χ1v) is 17.6. The number of hydrogen-bond acceptors (Lipinski definition) is 4. The molecule has 37 heavy (non-hydrogen) atoms. The Kier molecular flexibility index (Phi) is 8.08. The van der Waals surface area contributed by atoms with Crippen LogP contribution in [0.5, 0.6) is 0 Å². The van der Waals surface area contributed by atoms with E-state index in [1.54, 1.807) is 37.6 Å². The van der Waals surface area contributed by atoms with E-state index in [-0.39, 0.29) is 29.3 Å². The lowest BCUT2D eigenvalue weighted by Crippen LogP contribution is -2.46. The first kappa shape index (κ1) is 29.0. The quantitative estimate of drug-likeness (QED) is 0.342. The van der Waals surface area contributed by atoms with E-state index in [4.69, 9.17) is 4.43 Å². The van der Waals surface area contributed by atoms with Crippen molar-refractivity contribution in [1.82, 2.24) is 5.32 Å². The molecule has 0 radical (unpaired) electrons. The van der Waals surface area contributed by atoms with Crippen molar-refractivity contribution in [2.45, 2.75) is 57.4 Å². The van der Waals surface area contributed by atoms with Gasteiger partial charge in [-0.2, -0.15) is 0 Å². The van der Waals surface area contributed by atoms with Gasteiger partial charge in [0.1, 0.15) is 13.2 Å². The monoisotopic (exact) mass is 552 g/mol. The molecule has 2 N–H and O–H groups in total. The van der Waals surface area contributed by atoms with Crippen LogP contribution in [0.2, 0.25) is 18.1 Å². The highest BCUT2D eigenvalue weighted by molar-refractivity contribution is 7.70. The molecule has 0 aliphatic carbocycles. The second kappa shape index (κ2) is 10.3. The van der Waals surface area contributed by atoms with E-state index in [0.29, 0.717) is 10.9 Å². The van der Waals surface area contributed by atoms with E-state index in [9.17, 15) is 19.3 Å². The predicted molar refractivity (Wildman–Crippen MR) is 145 cm³/mol. The third kappa shape index (κ3) is 5.97. The zero-order chi connectivity index (χ0) is 27.9. The standard InChI is InChI=1S/C26H35F2N2O5PSi/c1-26(2,3)37(6,7)35-15-16-14-19(29-25(32)33)24(31)30(16)20-13-12-18(22(27)23(20)28)17-10-8-9-11-21(17)36(4,5)34/h8-13,16,19,29H,14-15H2,1-7H3,(H,32,33)/t16-,19+/m0/s1. The SMILES string of the molecule is CC(C)(C)[Si](C)(C)OC[C@@H]1C[C@@H](NC(=O)O)C(=O)N1c1ccc(-c2ccccc2P(C)(C)=O)c(F)c1F. The second-order valence-electron chi connectivity index (χ2n) is 11.3. The van der Waals surface area contributed by atoms with Crippen LogP contribution in [0.4, 0.5) is 19.3 Å². The fourth-order valence-electron chi connectivity index (χ4n) is 4.18. The Morgan fingerprint density at radius 1 is 1.14 bits per heavy atom. The fourth-order valence-corrected chi connectivity index (χ4v) is 6.44. The number of carbonyl (C=O) groups is 2. The number of carboxylic acid groups (broad SMARTS) is 1. The Morgan fingerprint density at radius 2 is 1.76 bits per heavy atom. The van der Waals surface area contributed by atoms with Gasteiger partial charge in [-0.15, -0.1) is 0 Å². The Bertz CT molecular complexity index is 1260. The molecule has 7 nitrogen and oxygen atoms in total. The van der Waals surface area contributed by atoms with Gasteiger partial charge in [0, 0.05) is 10.9 Å². The van der Waals surface area contributed by atoms with Gasteiger partial charge in [-0.1, -0.05) is 45.0 Å². The van der Waals surface area contributed by atoms with Gasteiger partial charge in [0.05, 0.1) is 18.3 Å². The highest BCUT2D eigenvalue weighted by atomic mass is 31.2. The van der Waals surface area contributed by atoms with E-state index >= 15 is 8.78 Å². The minimum Gasteiger partial charge on any atom is -0.465 e. The third-order valence-electron chi connectivity index (χ3n) is 7.24. The number of nitrogens with zero attached hydrogens (tertiary/aromatic N) is 1. The van der Waals surface area contributed by atoms with Gasteiger partial charge < -0.3 is 24.3 Å². The second-order valence-corrected chi connectivity index (χ2v) is 19.3. The molecule has 3 rings (SSSR count). The first-order chi connectivity index (χ1) is 17.0. The zero-order valence-electron chi connectivity index (χ0n) is 22.3. The van der Waals surface area contributed by atoms with E-state index in [1.165, 1.54) is 12.1 Å². The molecule has 202 valence electrons. The van der Waals surface area contributed by atoms with Gasteiger partial charge in [0.25, 0.3) is 0 Å². The van der Waals surface area contributed by atoms with E-state index in [2.05, 4.69) is 26.1 Å². The summed E-state index contributed by atoms with van der Waals surface area (Å²) in [6.07, 6.45) is -1.33. The number of hydrogen-bond donors (Lipinski definition) is 2. The molecule has 1 aliphatic heterocycles. The molecule has 0 unspecified atom stereocenters. The van der Waals surface area contributed by atoms with Gasteiger partial charge in [-0.25, -0.2) is 13.6 Å². The van der Waals surface area contributed by atoms with Crippen molar-refractivity contribution in [3.05, 3.63) is 48.0 Å². The predicted octanol–water partition coefficient (Wildman–Crippen LogP) is 5.64. The third-order valence-corrected chi connectivity index (χ3v) is 13.3. The molecule has 2 aromatic rings. The normalized spacial score (nSPS) is 18.8. The summed E-state index contributed by atoms with van der Waals surface area (Å²) in [6.45, 7) is 13.4. The summed E-state index contributed by atoms with van der Waals surface area (Å²) < 4.78 is 50.2. The van der Waals surface area contributed by atoms with Crippen molar-refractivity contribution in [1.29, 1.82) is 0 Å². The van der Waals surface area contributed by atoms with Crippen LogP contribution >= 0.6 is 7.14 Å². The molecule has 2 atom stereocenters. The Hall–Kier alpha value is -2.55. The molecule has 2 aromatic carbocycles. The van der Waals surface area contributed by atoms with Gasteiger partial charge in [-0.3, -0.25) is 4.79 Å². The fraction of sp³-hybridized carbons (Fsp3) is 0.462. The Balaban J connectivity index is 2.05. The minimum atomic E-state index is -2.80. The van der Waals surface area contributed by atoms with Crippen LogP contribution in [0.3, 0.4) is 0 Å². The molecule has 11 heteroatoms. The molecule has 1 fully saturated rings. The zero-order valence-corrected chi connectivity index (χ0v) is 24.2. The smallest absolute Gasteiger partial charge is 0.405 e. The molecular weight excluding hydrogens is 517 g/mol. The molecule has 0 bridgehead atoms. The molecule has 0 saturated carbocycles. The maximum atomic E-state index is 15.6. The maximum Gasteiger partial charge on any atom is 0.405 e. The van der Waals surface area contributed by atoms with Gasteiger partial charge in [0.15, 0.2) is 20.0 Å². The number of nitrogens with one attached hydrogen (secondary N) is 1. The van der Waals surface area contributed by atoms with Gasteiger partial charge in [0.2, 0.25) is 5.91 Å². The number of rotatable bonds is 7. The maximum absolute atomic E-state index is 15.6. The first-order valence-electron chi connectivity index (χ1n) is 12.0. The lowest BCUT2D eigenvalue weighted by atomic mass is 10.0. The van der Waals surface area contributed by atoms with Gasteiger partial charge in [-0.05, 0) is 55.6 Å². The van der Waals surface area contributed by atoms with Crippen LogP contribution in [0.1, 0.15) is 27.2 Å². The van der Waals surface area contributed by atoms with Crippen molar-refractivity contribution in [2.75, 3.05) is 24.8 Å². The Labute approximate surface area is 217 Å². The number of halogens is 2. The highest BCUT2D eigenvalue weighted by Gasteiger charge is 2.45. The molecule has 0 aromatic heterocycles. The number of carbonyl (C=O) groups excluding carboxylic acids is 1. The van der Waals surface area contributed by atoms with Crippen molar-refractivity contribution >= 4 is 38.5 Å². The average Bonchev–Trinajstić information content (AvgIpc) is 3.07. The van der Waals surface area contributed by atoms with E-state index in [0.717, 1.165) is 4.90 Å². The lowest BCUT2D eigenvalue weighted by Gasteiger charge is -2.38. The highest BCUT2D eigenvalue weighted by Crippen LogP contribution is 2.42. The van der Waals surface area contributed by atoms with Crippen molar-refractivity contribution < 1.29 is 32.5 Å². The summed E-state index contributed by atoms with van der Waals surface area (Å²) in [4.78, 5) is 25.6. The molecule has 1 heterocycles. The van der Waals surface area contributed by atoms with Gasteiger partial charge >= 0.3 is 6.09 Å². The van der Waals surface area contributed by atoms with Crippen molar-refractivity contribution in [3.8, 4) is 11.1 Å². The topological polar surface area (TPSA) is 95.9 Å². The molecule has 1 aliphatic rings. The molecular formula is C26H35F2N2O5PSi. The minimum absolute atomic E-state index is 0.0558. The van der Waals surface area contributed by atoms with Crippen LogP contribution < -0.4 is 15.5 Å². The number of amides is 2. The van der Waals surface area contributed by atoms with Crippen LogP contribution in [0, 0.1) is 11.6 Å². The van der Waals surface area contributed by atoms with Crippen LogP contribution in [0.15, 0.2) is 36.4 Å². The molecule has 0 spiro atoms. The van der Waals surface area contributed by atoms with Crippen molar-refractivity contribution in [2.24, 2.45) is 0 Å². The number of benzene rings is 2. The van der Waals surface area contributed by atoms with Crippen molar-refractivity contribution in [3.63, 3.8) is 0 Å². The molecule has 2 amide bonds. The summed E-state index contributed by atoms with van der Waals surface area (Å²) in [5, 5.41) is 11.7. The Morgan fingerprint density at radius 3 is 2.32 bits per heavy atom. The van der Waals surface area contributed by atoms with Crippen LogP contribution in [-0.4, -0.2) is 57.4 Å². The summed E-state index contributed by atoms with van der Waals surface area (Å²) in [5.41, 5.74) is -0.0464. The number of anilines is 1. The van der Waals surface area contributed by atoms with Crippen LogP contribution in [-0.2, 0) is 13.8 Å². The summed E-state index contributed by atoms with van der Waals surface area (Å²) >= 11 is 0. The summed E-state index contributed by atoms with van der Waals surface area (Å²) in [5.74, 6) is -3.09. The van der Waals surface area contributed by atoms with E-state index in [1.807, 2.05) is 13.1 Å². The molecule has 1 saturated heterocycles. The van der Waals surface area contributed by atoms with E-state index < -0.39 is 51.2 Å².